The second-order valence-corrected chi connectivity index (χ2v) is 9.71. The molecule has 0 aromatic heterocycles. The second kappa shape index (κ2) is 19.0. The van der Waals surface area contributed by atoms with Gasteiger partial charge in [0.2, 0.25) is 0 Å². The van der Waals surface area contributed by atoms with E-state index < -0.39 is 0 Å². The molecule has 2 N–H and O–H groups in total. The van der Waals surface area contributed by atoms with E-state index in [1.54, 1.807) is 6.07 Å². The van der Waals surface area contributed by atoms with E-state index in [0.717, 1.165) is 12.8 Å². The largest absolute Gasteiger partial charge is 0.507 e. The van der Waals surface area contributed by atoms with Crippen LogP contribution in [0.3, 0.4) is 0 Å². The lowest BCUT2D eigenvalue weighted by atomic mass is 9.91. The Hall–Kier alpha value is -1.51. The number of phenols is 1. The molecule has 3 heteroatoms. The van der Waals surface area contributed by atoms with E-state index in [-0.39, 0.29) is 5.75 Å². The highest BCUT2D eigenvalue weighted by atomic mass is 16.4. The average molecular weight is 446 g/mol. The van der Waals surface area contributed by atoms with Gasteiger partial charge in [-0.25, -0.2) is 0 Å². The molecule has 0 amide bonds. The number of oxime groups is 1. The van der Waals surface area contributed by atoms with Gasteiger partial charge in [-0.3, -0.25) is 0 Å². The molecule has 1 aromatic carbocycles. The van der Waals surface area contributed by atoms with E-state index >= 15 is 0 Å². The molecule has 0 radical (unpaired) electrons. The molecule has 0 heterocycles. The zero-order chi connectivity index (χ0) is 23.4. The van der Waals surface area contributed by atoms with Crippen molar-refractivity contribution in [1.29, 1.82) is 0 Å². The standard InChI is InChI=1S/C29H51NO2/c1-4-6-8-10-11-12-13-14-15-17-18-20-25(3)26-22-23-29(31)27(24-26)28(30-32)21-19-16-9-7-5-2/h22-25,31-32H,4-21H2,1-3H3. The van der Waals surface area contributed by atoms with Crippen LogP contribution in [-0.2, 0) is 0 Å². The molecule has 0 spiro atoms. The molecule has 0 fully saturated rings. The molecule has 0 saturated carbocycles. The van der Waals surface area contributed by atoms with Crippen LogP contribution in [0.15, 0.2) is 23.4 Å². The van der Waals surface area contributed by atoms with Crippen molar-refractivity contribution < 1.29 is 10.3 Å². The van der Waals surface area contributed by atoms with Gasteiger partial charge in [-0.2, -0.15) is 0 Å². The molecule has 1 aromatic rings. The number of hydrogen-bond donors (Lipinski definition) is 2. The molecule has 184 valence electrons. The van der Waals surface area contributed by atoms with Gasteiger partial charge >= 0.3 is 0 Å². The Morgan fingerprint density at radius 3 is 1.78 bits per heavy atom. The molecule has 0 aliphatic carbocycles. The summed E-state index contributed by atoms with van der Waals surface area (Å²) in [5.41, 5.74) is 2.55. The predicted molar refractivity (Wildman–Crippen MR) is 139 cm³/mol. The fourth-order valence-corrected chi connectivity index (χ4v) is 4.51. The summed E-state index contributed by atoms with van der Waals surface area (Å²) in [7, 11) is 0. The summed E-state index contributed by atoms with van der Waals surface area (Å²) in [5, 5.41) is 23.4. The molecule has 1 atom stereocenters. The van der Waals surface area contributed by atoms with Crippen molar-refractivity contribution in [3.8, 4) is 5.75 Å². The van der Waals surface area contributed by atoms with Crippen LogP contribution in [0.4, 0.5) is 0 Å². The van der Waals surface area contributed by atoms with Gasteiger partial charge in [0.1, 0.15) is 5.75 Å². The fraction of sp³-hybridized carbons (Fsp3) is 0.759. The van der Waals surface area contributed by atoms with Crippen molar-refractivity contribution in [1.82, 2.24) is 0 Å². The van der Waals surface area contributed by atoms with E-state index in [9.17, 15) is 10.3 Å². The maximum atomic E-state index is 10.3. The molecule has 1 unspecified atom stereocenters. The number of phenolic OH excluding ortho intramolecular Hbond substituents is 1. The number of unbranched alkanes of at least 4 members (excludes halogenated alkanes) is 14. The van der Waals surface area contributed by atoms with Gasteiger partial charge in [0.05, 0.1) is 5.71 Å². The Morgan fingerprint density at radius 2 is 1.25 bits per heavy atom. The minimum atomic E-state index is 0.219. The number of nitrogens with zero attached hydrogens (tertiary/aromatic N) is 1. The Balaban J connectivity index is 2.33. The quantitative estimate of drug-likeness (QED) is 0.0908. The highest BCUT2D eigenvalue weighted by Crippen LogP contribution is 2.28. The summed E-state index contributed by atoms with van der Waals surface area (Å²) in [4.78, 5) is 0. The summed E-state index contributed by atoms with van der Waals surface area (Å²) in [6.07, 6.45) is 22.8. The van der Waals surface area contributed by atoms with Crippen LogP contribution in [0.2, 0.25) is 0 Å². The normalized spacial score (nSPS) is 12.9. The van der Waals surface area contributed by atoms with E-state index in [4.69, 9.17) is 0 Å². The lowest BCUT2D eigenvalue weighted by Gasteiger charge is -2.15. The smallest absolute Gasteiger partial charge is 0.124 e. The monoisotopic (exact) mass is 445 g/mol. The van der Waals surface area contributed by atoms with E-state index in [1.165, 1.54) is 102 Å². The molecule has 0 saturated heterocycles. The highest BCUT2D eigenvalue weighted by molar-refractivity contribution is 6.02. The first-order chi connectivity index (χ1) is 15.6. The number of hydrogen-bond acceptors (Lipinski definition) is 3. The van der Waals surface area contributed by atoms with Crippen LogP contribution in [0, 0.1) is 0 Å². The van der Waals surface area contributed by atoms with E-state index in [2.05, 4.69) is 25.9 Å². The second-order valence-electron chi connectivity index (χ2n) is 9.71. The third-order valence-electron chi connectivity index (χ3n) is 6.78. The van der Waals surface area contributed by atoms with Gasteiger partial charge in [-0.1, -0.05) is 128 Å². The molecule has 3 nitrogen and oxygen atoms in total. The Morgan fingerprint density at radius 1 is 0.750 bits per heavy atom. The highest BCUT2D eigenvalue weighted by Gasteiger charge is 2.14. The Bertz CT molecular complexity index is 611. The number of aromatic hydroxyl groups is 1. The van der Waals surface area contributed by atoms with Crippen molar-refractivity contribution in [2.75, 3.05) is 0 Å². The Labute approximate surface area is 198 Å². The van der Waals surface area contributed by atoms with Crippen LogP contribution in [-0.4, -0.2) is 16.0 Å². The molecular formula is C29H51NO2. The van der Waals surface area contributed by atoms with Crippen molar-refractivity contribution in [2.24, 2.45) is 5.16 Å². The summed E-state index contributed by atoms with van der Waals surface area (Å²) < 4.78 is 0. The lowest BCUT2D eigenvalue weighted by Crippen LogP contribution is -2.04. The van der Waals surface area contributed by atoms with Gasteiger partial charge < -0.3 is 10.3 Å². The van der Waals surface area contributed by atoms with Gasteiger partial charge in [-0.15, -0.1) is 0 Å². The molecule has 32 heavy (non-hydrogen) atoms. The minimum absolute atomic E-state index is 0.219. The molecule has 1 rings (SSSR count). The summed E-state index contributed by atoms with van der Waals surface area (Å²) in [6.45, 7) is 6.76. The lowest BCUT2D eigenvalue weighted by molar-refractivity contribution is 0.317. The molecule has 0 aliphatic rings. The summed E-state index contributed by atoms with van der Waals surface area (Å²) >= 11 is 0. The molecular weight excluding hydrogens is 394 g/mol. The van der Waals surface area contributed by atoms with Crippen LogP contribution in [0.25, 0.3) is 0 Å². The van der Waals surface area contributed by atoms with Crippen LogP contribution >= 0.6 is 0 Å². The maximum absolute atomic E-state index is 10.3. The maximum Gasteiger partial charge on any atom is 0.124 e. The number of rotatable bonds is 20. The SMILES string of the molecule is CCCCCCCCCCCCCC(C)c1ccc(O)c(C(CCCCCCC)=NO)c1. The summed E-state index contributed by atoms with van der Waals surface area (Å²) in [6, 6.07) is 5.84. The fourth-order valence-electron chi connectivity index (χ4n) is 4.51. The van der Waals surface area contributed by atoms with Crippen LogP contribution < -0.4 is 0 Å². The zero-order valence-corrected chi connectivity index (χ0v) is 21.4. The topological polar surface area (TPSA) is 52.8 Å². The van der Waals surface area contributed by atoms with Gasteiger partial charge in [0.25, 0.3) is 0 Å². The number of benzene rings is 1. The predicted octanol–water partition coefficient (Wildman–Crippen LogP) is 9.74. The Kier molecular flexibility index (Phi) is 16.9. The van der Waals surface area contributed by atoms with Gasteiger partial charge in [-0.05, 0) is 42.9 Å². The first kappa shape index (κ1) is 28.5. The van der Waals surface area contributed by atoms with E-state index in [1.807, 2.05) is 12.1 Å². The molecule has 0 aliphatic heterocycles. The molecule has 0 bridgehead atoms. The van der Waals surface area contributed by atoms with E-state index in [0.29, 0.717) is 23.6 Å². The minimum Gasteiger partial charge on any atom is -0.507 e. The van der Waals surface area contributed by atoms with Crippen molar-refractivity contribution in [2.45, 2.75) is 142 Å². The average Bonchev–Trinajstić information content (AvgIpc) is 2.80. The van der Waals surface area contributed by atoms with Crippen molar-refractivity contribution in [3.63, 3.8) is 0 Å². The van der Waals surface area contributed by atoms with Crippen molar-refractivity contribution in [3.05, 3.63) is 29.3 Å². The third kappa shape index (κ3) is 12.5. The summed E-state index contributed by atoms with van der Waals surface area (Å²) in [5.74, 6) is 0.675. The first-order valence-corrected chi connectivity index (χ1v) is 13.7. The zero-order valence-electron chi connectivity index (χ0n) is 21.4. The van der Waals surface area contributed by atoms with Crippen LogP contribution in [0.1, 0.15) is 153 Å². The first-order valence-electron chi connectivity index (χ1n) is 13.7. The van der Waals surface area contributed by atoms with Crippen LogP contribution in [0.5, 0.6) is 5.75 Å². The third-order valence-corrected chi connectivity index (χ3v) is 6.78. The van der Waals surface area contributed by atoms with Crippen molar-refractivity contribution >= 4 is 5.71 Å². The van der Waals surface area contributed by atoms with Gasteiger partial charge in [0, 0.05) is 5.56 Å². The van der Waals surface area contributed by atoms with Gasteiger partial charge in [0.15, 0.2) is 0 Å².